The Hall–Kier alpha value is -3.51. The summed E-state index contributed by atoms with van der Waals surface area (Å²) in [6.07, 6.45) is 2.67. The van der Waals surface area contributed by atoms with Gasteiger partial charge in [-0.3, -0.25) is 0 Å². The van der Waals surface area contributed by atoms with Crippen molar-refractivity contribution in [1.82, 2.24) is 29.6 Å². The van der Waals surface area contributed by atoms with E-state index >= 15 is 0 Å². The molecule has 2 aromatic heterocycles. The number of rotatable bonds is 7. The molecule has 12 heteroatoms. The summed E-state index contributed by atoms with van der Waals surface area (Å²) in [6, 6.07) is 9.22. The summed E-state index contributed by atoms with van der Waals surface area (Å²) in [5, 5.41) is 33.1. The highest BCUT2D eigenvalue weighted by Crippen LogP contribution is 2.33. The molecule has 4 N–H and O–H groups in total. The third-order valence-corrected chi connectivity index (χ3v) is 5.71. The van der Waals surface area contributed by atoms with Crippen molar-refractivity contribution in [3.05, 3.63) is 72.3 Å². The standard InChI is InChI=1S/C19H17F2N7O2S/c20-13-3-6-15(16(21)7-13)19(30,8-27-11-23-10-24-27)9-31-18-26-25-17(28(18)22)12-1-4-14(29)5-2-12/h1-7,10-11,29-30H,8-9,22H2. The Morgan fingerprint density at radius 2 is 1.87 bits per heavy atom. The Bertz CT molecular complexity index is 1180. The minimum absolute atomic E-state index is 0.0830. The number of aromatic nitrogens is 6. The van der Waals surface area contributed by atoms with Crippen LogP contribution in [0, 0.1) is 11.6 Å². The fraction of sp³-hybridized carbons (Fsp3) is 0.158. The molecule has 0 saturated carbocycles. The van der Waals surface area contributed by atoms with Crippen molar-refractivity contribution in [1.29, 1.82) is 0 Å². The maximum Gasteiger partial charge on any atom is 0.210 e. The van der Waals surface area contributed by atoms with Crippen LogP contribution < -0.4 is 5.84 Å². The zero-order chi connectivity index (χ0) is 22.0. The highest BCUT2D eigenvalue weighted by molar-refractivity contribution is 7.99. The van der Waals surface area contributed by atoms with E-state index in [2.05, 4.69) is 20.3 Å². The maximum atomic E-state index is 14.5. The van der Waals surface area contributed by atoms with Gasteiger partial charge in [0.25, 0.3) is 0 Å². The molecule has 0 spiro atoms. The summed E-state index contributed by atoms with van der Waals surface area (Å²) in [6.45, 7) is -0.133. The Kier molecular flexibility index (Phi) is 5.57. The first-order chi connectivity index (χ1) is 14.9. The van der Waals surface area contributed by atoms with Crippen LogP contribution in [0.1, 0.15) is 5.56 Å². The number of halogens is 2. The first-order valence-electron chi connectivity index (χ1n) is 8.99. The predicted molar refractivity (Wildman–Crippen MR) is 108 cm³/mol. The predicted octanol–water partition coefficient (Wildman–Crippen LogP) is 1.91. The zero-order valence-corrected chi connectivity index (χ0v) is 16.7. The number of hydrogen-bond acceptors (Lipinski definition) is 8. The van der Waals surface area contributed by atoms with Gasteiger partial charge in [-0.15, -0.1) is 10.2 Å². The quantitative estimate of drug-likeness (QED) is 0.291. The van der Waals surface area contributed by atoms with Gasteiger partial charge in [0.2, 0.25) is 5.16 Å². The zero-order valence-electron chi connectivity index (χ0n) is 15.9. The van der Waals surface area contributed by atoms with Crippen LogP contribution in [-0.2, 0) is 12.1 Å². The molecule has 0 aliphatic carbocycles. The molecule has 0 amide bonds. The molecular weight excluding hydrogens is 428 g/mol. The number of phenolic OH excluding ortho intramolecular Hbond substituents is 1. The smallest absolute Gasteiger partial charge is 0.210 e. The van der Waals surface area contributed by atoms with Crippen LogP contribution in [0.4, 0.5) is 8.78 Å². The van der Waals surface area contributed by atoms with Crippen molar-refractivity contribution in [2.24, 2.45) is 0 Å². The second-order valence-corrected chi connectivity index (χ2v) is 7.70. The number of nitrogens with two attached hydrogens (primary N) is 1. The molecule has 0 saturated heterocycles. The largest absolute Gasteiger partial charge is 0.508 e. The van der Waals surface area contributed by atoms with Gasteiger partial charge < -0.3 is 16.1 Å². The van der Waals surface area contributed by atoms with Gasteiger partial charge in [-0.05, 0) is 30.3 Å². The summed E-state index contributed by atoms with van der Waals surface area (Å²) in [5.74, 6) is 4.82. The summed E-state index contributed by atoms with van der Waals surface area (Å²) >= 11 is 1.05. The Morgan fingerprint density at radius 3 is 2.55 bits per heavy atom. The molecule has 9 nitrogen and oxygen atoms in total. The van der Waals surface area contributed by atoms with Crippen molar-refractivity contribution in [2.75, 3.05) is 11.6 Å². The Labute approximate surface area is 179 Å². The molecule has 2 heterocycles. The first kappa shape index (κ1) is 20.8. The summed E-state index contributed by atoms with van der Waals surface area (Å²) in [4.78, 5) is 3.83. The molecule has 4 rings (SSSR count). The van der Waals surface area contributed by atoms with Gasteiger partial charge in [0.05, 0.1) is 6.54 Å². The molecule has 4 aromatic rings. The number of thioether (sulfide) groups is 1. The molecule has 31 heavy (non-hydrogen) atoms. The van der Waals surface area contributed by atoms with E-state index < -0.39 is 17.2 Å². The lowest BCUT2D eigenvalue weighted by atomic mass is 9.95. The van der Waals surface area contributed by atoms with Gasteiger partial charge in [0, 0.05) is 22.9 Å². The molecule has 0 aliphatic rings. The van der Waals surface area contributed by atoms with Gasteiger partial charge >= 0.3 is 0 Å². The fourth-order valence-electron chi connectivity index (χ4n) is 3.02. The van der Waals surface area contributed by atoms with Crippen LogP contribution in [-0.4, -0.2) is 45.6 Å². The SMILES string of the molecule is Nn1c(SCC(O)(Cn2cncn2)c2ccc(F)cc2F)nnc1-c1ccc(O)cc1. The van der Waals surface area contributed by atoms with Crippen LogP contribution in [0.5, 0.6) is 5.75 Å². The Morgan fingerprint density at radius 1 is 1.10 bits per heavy atom. The second kappa shape index (κ2) is 8.32. The molecule has 0 bridgehead atoms. The lowest BCUT2D eigenvalue weighted by molar-refractivity contribution is 0.0360. The van der Waals surface area contributed by atoms with Crippen LogP contribution >= 0.6 is 11.8 Å². The minimum atomic E-state index is -1.78. The lowest BCUT2D eigenvalue weighted by Gasteiger charge is -2.28. The van der Waals surface area contributed by atoms with Gasteiger partial charge in [-0.2, -0.15) is 5.10 Å². The van der Waals surface area contributed by atoms with Crippen molar-refractivity contribution in [2.45, 2.75) is 17.3 Å². The van der Waals surface area contributed by atoms with E-state index in [1.165, 1.54) is 40.2 Å². The third-order valence-electron chi connectivity index (χ3n) is 4.55. The fourth-order valence-corrected chi connectivity index (χ4v) is 3.96. The number of nitrogens with zero attached hydrogens (tertiary/aromatic N) is 6. The van der Waals surface area contributed by atoms with Gasteiger partial charge in [-0.1, -0.05) is 17.8 Å². The molecule has 0 aliphatic heterocycles. The summed E-state index contributed by atoms with van der Waals surface area (Å²) in [7, 11) is 0. The van der Waals surface area contributed by atoms with E-state index in [9.17, 15) is 19.0 Å². The average Bonchev–Trinajstić information content (AvgIpc) is 3.36. The van der Waals surface area contributed by atoms with E-state index in [-0.39, 0.29) is 28.8 Å². The highest BCUT2D eigenvalue weighted by Gasteiger charge is 2.34. The Balaban J connectivity index is 1.61. The number of aromatic hydroxyl groups is 1. The highest BCUT2D eigenvalue weighted by atomic mass is 32.2. The summed E-state index contributed by atoms with van der Waals surface area (Å²) < 4.78 is 30.5. The second-order valence-electron chi connectivity index (χ2n) is 6.76. The number of hydrogen-bond donors (Lipinski definition) is 3. The normalized spacial score (nSPS) is 13.3. The maximum absolute atomic E-state index is 14.5. The lowest BCUT2D eigenvalue weighted by Crippen LogP contribution is -2.35. The molecule has 1 unspecified atom stereocenters. The van der Waals surface area contributed by atoms with E-state index in [0.29, 0.717) is 17.5 Å². The van der Waals surface area contributed by atoms with Crippen LogP contribution in [0.2, 0.25) is 0 Å². The van der Waals surface area contributed by atoms with E-state index in [4.69, 9.17) is 5.84 Å². The van der Waals surface area contributed by atoms with Gasteiger partial charge in [-0.25, -0.2) is 23.1 Å². The average molecular weight is 445 g/mol. The van der Waals surface area contributed by atoms with Crippen LogP contribution in [0.25, 0.3) is 11.4 Å². The number of aliphatic hydroxyl groups is 1. The number of benzene rings is 2. The van der Waals surface area contributed by atoms with Gasteiger partial charge in [0.15, 0.2) is 5.82 Å². The molecular formula is C19H17F2N7O2S. The number of phenols is 1. The van der Waals surface area contributed by atoms with Crippen molar-refractivity contribution in [3.8, 4) is 17.1 Å². The first-order valence-corrected chi connectivity index (χ1v) is 9.97. The van der Waals surface area contributed by atoms with Crippen molar-refractivity contribution >= 4 is 11.8 Å². The third kappa shape index (κ3) is 4.34. The molecule has 160 valence electrons. The van der Waals surface area contributed by atoms with Crippen LogP contribution in [0.15, 0.2) is 60.3 Å². The summed E-state index contributed by atoms with van der Waals surface area (Å²) in [5.41, 5.74) is -1.25. The molecule has 2 aromatic carbocycles. The van der Waals surface area contributed by atoms with E-state index in [0.717, 1.165) is 17.8 Å². The van der Waals surface area contributed by atoms with Crippen molar-refractivity contribution in [3.63, 3.8) is 0 Å². The van der Waals surface area contributed by atoms with Crippen LogP contribution in [0.3, 0.4) is 0 Å². The molecule has 0 fully saturated rings. The minimum Gasteiger partial charge on any atom is -0.508 e. The monoisotopic (exact) mass is 445 g/mol. The van der Waals surface area contributed by atoms with Gasteiger partial charge in [0.1, 0.15) is 35.6 Å². The topological polar surface area (TPSA) is 128 Å². The van der Waals surface area contributed by atoms with E-state index in [1.807, 2.05) is 0 Å². The van der Waals surface area contributed by atoms with E-state index in [1.54, 1.807) is 12.1 Å². The molecule has 0 radical (unpaired) electrons. The molecule has 1 atom stereocenters. The number of nitrogen functional groups attached to an aromatic ring is 1. The van der Waals surface area contributed by atoms with Crippen molar-refractivity contribution < 1.29 is 19.0 Å².